The summed E-state index contributed by atoms with van der Waals surface area (Å²) < 4.78 is 26.9. The molecule has 1 heterocycles. The number of hydrogen-bond donors (Lipinski definition) is 2. The Morgan fingerprint density at radius 1 is 1.43 bits per heavy atom. The molecule has 9 heteroatoms. The first-order chi connectivity index (χ1) is 10.8. The highest BCUT2D eigenvalue weighted by Gasteiger charge is 2.23. The van der Waals surface area contributed by atoms with Crippen LogP contribution >= 0.6 is 27.3 Å². The van der Waals surface area contributed by atoms with Gasteiger partial charge in [0.15, 0.2) is 0 Å². The Morgan fingerprint density at radius 3 is 2.78 bits per heavy atom. The van der Waals surface area contributed by atoms with Gasteiger partial charge in [0.05, 0.1) is 22.6 Å². The zero-order valence-corrected chi connectivity index (χ0v) is 14.9. The zero-order valence-electron chi connectivity index (χ0n) is 11.7. The van der Waals surface area contributed by atoms with Crippen LogP contribution in [0, 0.1) is 11.3 Å². The van der Waals surface area contributed by atoms with Gasteiger partial charge in [0.25, 0.3) is 15.9 Å². The maximum Gasteiger partial charge on any atom is 0.264 e. The van der Waals surface area contributed by atoms with Crippen molar-refractivity contribution in [3.8, 4) is 6.07 Å². The predicted octanol–water partition coefficient (Wildman–Crippen LogP) is 1.76. The van der Waals surface area contributed by atoms with Gasteiger partial charge in [-0.1, -0.05) is 15.9 Å². The summed E-state index contributed by atoms with van der Waals surface area (Å²) in [5.41, 5.74) is 6.77. The quantitative estimate of drug-likeness (QED) is 0.774. The molecule has 0 saturated heterocycles. The second-order valence-electron chi connectivity index (χ2n) is 4.70. The van der Waals surface area contributed by atoms with Crippen LogP contribution < -0.4 is 10.5 Å². The molecule has 0 radical (unpaired) electrons. The molecule has 120 valence electrons. The van der Waals surface area contributed by atoms with Crippen LogP contribution in [0.15, 0.2) is 44.4 Å². The van der Waals surface area contributed by atoms with E-state index in [1.165, 1.54) is 29.5 Å². The molecule has 0 aliphatic heterocycles. The van der Waals surface area contributed by atoms with Crippen LogP contribution in [0.25, 0.3) is 0 Å². The van der Waals surface area contributed by atoms with Gasteiger partial charge in [0.1, 0.15) is 0 Å². The predicted molar refractivity (Wildman–Crippen MR) is 90.2 cm³/mol. The van der Waals surface area contributed by atoms with Crippen LogP contribution in [0.5, 0.6) is 0 Å². The Balaban J connectivity index is 2.16. The Bertz CT molecular complexity index is 858. The highest BCUT2D eigenvalue weighted by Crippen LogP contribution is 2.19. The van der Waals surface area contributed by atoms with E-state index >= 15 is 0 Å². The minimum Gasteiger partial charge on any atom is -0.320 e. The number of nitrogens with zero attached hydrogens (tertiary/aromatic N) is 1. The molecule has 1 aromatic carbocycles. The largest absolute Gasteiger partial charge is 0.320 e. The fourth-order valence-corrected chi connectivity index (χ4v) is 4.23. The second kappa shape index (κ2) is 7.23. The average Bonchev–Trinajstić information content (AvgIpc) is 2.99. The van der Waals surface area contributed by atoms with E-state index in [-0.39, 0.29) is 16.9 Å². The number of hydrogen-bond acceptors (Lipinski definition) is 6. The molecule has 0 saturated carbocycles. The van der Waals surface area contributed by atoms with E-state index in [0.717, 1.165) is 5.56 Å². The number of carbonyl (C=O) groups excluding carboxylic acids is 1. The van der Waals surface area contributed by atoms with Gasteiger partial charge >= 0.3 is 0 Å². The summed E-state index contributed by atoms with van der Waals surface area (Å²) >= 11 is 4.60. The summed E-state index contributed by atoms with van der Waals surface area (Å²) in [7, 11) is -4.10. The number of sulfonamides is 1. The first kappa shape index (κ1) is 17.6. The van der Waals surface area contributed by atoms with E-state index in [9.17, 15) is 13.2 Å². The summed E-state index contributed by atoms with van der Waals surface area (Å²) in [5.74, 6) is -0.797. The van der Waals surface area contributed by atoms with E-state index in [0.29, 0.717) is 4.47 Å². The fraction of sp³-hybridized carbons (Fsp3) is 0.143. The van der Waals surface area contributed by atoms with E-state index in [2.05, 4.69) is 15.9 Å². The third-order valence-corrected chi connectivity index (χ3v) is 5.43. The molecule has 0 aliphatic carbocycles. The van der Waals surface area contributed by atoms with Crippen molar-refractivity contribution in [2.75, 3.05) is 0 Å². The van der Waals surface area contributed by atoms with Crippen molar-refractivity contribution in [2.45, 2.75) is 17.4 Å². The molecule has 1 amide bonds. The van der Waals surface area contributed by atoms with Gasteiger partial charge in [-0.2, -0.15) is 16.6 Å². The number of amides is 1. The van der Waals surface area contributed by atoms with Crippen LogP contribution in [0.1, 0.15) is 11.1 Å². The van der Waals surface area contributed by atoms with Crippen LogP contribution in [0.4, 0.5) is 0 Å². The molecular weight excluding hydrogens is 402 g/mol. The van der Waals surface area contributed by atoms with Crippen molar-refractivity contribution in [1.82, 2.24) is 4.72 Å². The summed E-state index contributed by atoms with van der Waals surface area (Å²) in [6.45, 7) is 0. The first-order valence-corrected chi connectivity index (χ1v) is 9.58. The number of carbonyl (C=O) groups is 1. The van der Waals surface area contributed by atoms with Gasteiger partial charge in [-0.15, -0.1) is 0 Å². The summed E-state index contributed by atoms with van der Waals surface area (Å²) in [5, 5.41) is 12.6. The third-order valence-electron chi connectivity index (χ3n) is 2.92. The van der Waals surface area contributed by atoms with Crippen LogP contribution in [-0.2, 0) is 21.2 Å². The lowest BCUT2D eigenvalue weighted by molar-refractivity contribution is -0.120. The molecular formula is C14H12BrN3O3S2. The summed E-state index contributed by atoms with van der Waals surface area (Å²) in [4.78, 5) is 11.8. The van der Waals surface area contributed by atoms with Gasteiger partial charge < -0.3 is 5.73 Å². The number of benzene rings is 1. The lowest BCUT2D eigenvalue weighted by Crippen LogP contribution is -2.44. The molecule has 3 N–H and O–H groups in total. The number of thiophene rings is 1. The molecule has 1 aromatic heterocycles. The Labute approximate surface area is 146 Å². The third kappa shape index (κ3) is 4.62. The molecule has 0 fully saturated rings. The Hall–Kier alpha value is -1.73. The first-order valence-electron chi connectivity index (χ1n) is 6.36. The molecule has 1 atom stereocenters. The number of nitrogens with two attached hydrogens (primary N) is 1. The minimum absolute atomic E-state index is 0.162. The van der Waals surface area contributed by atoms with Gasteiger partial charge in [-0.25, -0.2) is 13.1 Å². The number of halogens is 1. The molecule has 1 unspecified atom stereocenters. The lowest BCUT2D eigenvalue weighted by Gasteiger charge is -2.12. The van der Waals surface area contributed by atoms with Crippen molar-refractivity contribution in [1.29, 1.82) is 5.26 Å². The number of nitriles is 1. The zero-order chi connectivity index (χ0) is 17.0. The maximum atomic E-state index is 12.3. The van der Waals surface area contributed by atoms with Crippen molar-refractivity contribution in [3.63, 3.8) is 0 Å². The van der Waals surface area contributed by atoms with Gasteiger partial charge in [0, 0.05) is 4.47 Å². The van der Waals surface area contributed by atoms with E-state index in [1.54, 1.807) is 0 Å². The van der Waals surface area contributed by atoms with Crippen molar-refractivity contribution in [2.24, 2.45) is 5.73 Å². The molecule has 0 bridgehead atoms. The van der Waals surface area contributed by atoms with Gasteiger partial charge in [0.2, 0.25) is 0 Å². The maximum absolute atomic E-state index is 12.3. The Kier molecular flexibility index (Phi) is 5.54. The minimum atomic E-state index is -4.10. The van der Waals surface area contributed by atoms with Crippen LogP contribution in [0.3, 0.4) is 0 Å². The van der Waals surface area contributed by atoms with Crippen LogP contribution in [-0.4, -0.2) is 20.4 Å². The summed E-state index contributed by atoms with van der Waals surface area (Å²) in [6, 6.07) is 6.66. The SMILES string of the molecule is N#Cc1cc(Br)cc(S(=O)(=O)NC(=O)C(N)Cc2ccsc2)c1. The lowest BCUT2D eigenvalue weighted by atomic mass is 10.1. The standard InChI is InChI=1S/C14H12BrN3O3S2/c15-11-3-10(7-16)4-12(6-11)23(20,21)18-14(19)13(17)5-9-1-2-22-8-9/h1-4,6,8,13H,5,17H2,(H,18,19). The Morgan fingerprint density at radius 2 is 2.17 bits per heavy atom. The molecule has 0 aliphatic rings. The van der Waals surface area contributed by atoms with Crippen LogP contribution in [0.2, 0.25) is 0 Å². The smallest absolute Gasteiger partial charge is 0.264 e. The average molecular weight is 414 g/mol. The van der Waals surface area contributed by atoms with E-state index in [4.69, 9.17) is 11.0 Å². The highest BCUT2D eigenvalue weighted by atomic mass is 79.9. The molecule has 0 spiro atoms. The van der Waals surface area contributed by atoms with Crippen molar-refractivity contribution >= 4 is 43.2 Å². The summed E-state index contributed by atoms with van der Waals surface area (Å²) in [6.07, 6.45) is 0.243. The van der Waals surface area contributed by atoms with Gasteiger partial charge in [-0.3, -0.25) is 4.79 Å². The second-order valence-corrected chi connectivity index (χ2v) is 8.08. The molecule has 6 nitrogen and oxygen atoms in total. The van der Waals surface area contributed by atoms with Gasteiger partial charge in [-0.05, 0) is 47.0 Å². The fourth-order valence-electron chi connectivity index (χ4n) is 1.80. The number of rotatable bonds is 5. The molecule has 23 heavy (non-hydrogen) atoms. The highest BCUT2D eigenvalue weighted by molar-refractivity contribution is 9.10. The topological polar surface area (TPSA) is 113 Å². The normalized spacial score (nSPS) is 12.4. The van der Waals surface area contributed by atoms with E-state index < -0.39 is 22.0 Å². The number of nitrogens with one attached hydrogen (secondary N) is 1. The van der Waals surface area contributed by atoms with Crippen molar-refractivity contribution < 1.29 is 13.2 Å². The monoisotopic (exact) mass is 413 g/mol. The molecule has 2 rings (SSSR count). The van der Waals surface area contributed by atoms with Crippen molar-refractivity contribution in [3.05, 3.63) is 50.6 Å². The molecule has 2 aromatic rings. The van der Waals surface area contributed by atoms with E-state index in [1.807, 2.05) is 27.6 Å².